The number of halogens is 1. The summed E-state index contributed by atoms with van der Waals surface area (Å²) < 4.78 is 1.52. The van der Waals surface area contributed by atoms with E-state index in [1.807, 2.05) is 26.0 Å². The maximum Gasteiger partial charge on any atom is 0.262 e. The van der Waals surface area contributed by atoms with Crippen molar-refractivity contribution >= 4 is 50.4 Å². The molecule has 3 heterocycles. The van der Waals surface area contributed by atoms with Crippen LogP contribution in [0.5, 0.6) is 0 Å². The van der Waals surface area contributed by atoms with Crippen molar-refractivity contribution in [1.29, 1.82) is 0 Å². The lowest BCUT2D eigenvalue weighted by molar-refractivity contribution is -0.116. The molecule has 0 unspecified atom stereocenters. The summed E-state index contributed by atoms with van der Waals surface area (Å²) in [5, 5.41) is 4.23. The normalized spacial score (nSPS) is 14.3. The van der Waals surface area contributed by atoms with E-state index in [2.05, 4.69) is 15.2 Å². The summed E-state index contributed by atoms with van der Waals surface area (Å²) in [7, 11) is 0. The number of hydrogen-bond donors (Lipinski definition) is 1. The molecule has 0 bridgehead atoms. The molecule has 1 aliphatic rings. The highest BCUT2D eigenvalue weighted by atomic mass is 35.5. The predicted molar refractivity (Wildman–Crippen MR) is 124 cm³/mol. The average Bonchev–Trinajstić information content (AvgIpc) is 3.03. The van der Waals surface area contributed by atoms with E-state index in [1.165, 1.54) is 28.7 Å². The van der Waals surface area contributed by atoms with Crippen LogP contribution in [0.15, 0.2) is 29.3 Å². The van der Waals surface area contributed by atoms with Gasteiger partial charge in [0.15, 0.2) is 0 Å². The van der Waals surface area contributed by atoms with Crippen LogP contribution in [0.25, 0.3) is 10.2 Å². The molecule has 30 heavy (non-hydrogen) atoms. The molecular formula is C22H25ClN4O2S. The Hall–Kier alpha value is -2.38. The molecule has 0 radical (unpaired) electrons. The highest BCUT2D eigenvalue weighted by Crippen LogP contribution is 2.31. The van der Waals surface area contributed by atoms with Crippen LogP contribution in [0.1, 0.15) is 36.1 Å². The predicted octanol–water partition coefficient (Wildman–Crippen LogP) is 4.75. The Morgan fingerprint density at radius 2 is 2.00 bits per heavy atom. The van der Waals surface area contributed by atoms with Crippen molar-refractivity contribution < 1.29 is 4.79 Å². The number of carbonyl (C=O) groups excluding carboxylic acids is 1. The second kappa shape index (κ2) is 8.78. The number of benzene rings is 1. The number of carbonyl (C=O) groups is 1. The molecule has 1 fully saturated rings. The Morgan fingerprint density at radius 3 is 2.77 bits per heavy atom. The summed E-state index contributed by atoms with van der Waals surface area (Å²) in [6, 6.07) is 5.61. The minimum atomic E-state index is -0.152. The lowest BCUT2D eigenvalue weighted by Gasteiger charge is -2.30. The molecule has 158 valence electrons. The number of nitrogens with zero attached hydrogens (tertiary/aromatic N) is 3. The summed E-state index contributed by atoms with van der Waals surface area (Å²) >= 11 is 7.71. The molecule has 1 aliphatic heterocycles. The number of thiophene rings is 1. The number of amides is 1. The van der Waals surface area contributed by atoms with Gasteiger partial charge in [0, 0.05) is 36.0 Å². The van der Waals surface area contributed by atoms with Gasteiger partial charge in [-0.3, -0.25) is 14.2 Å². The van der Waals surface area contributed by atoms with Crippen molar-refractivity contribution in [3.8, 4) is 0 Å². The monoisotopic (exact) mass is 444 g/mol. The molecule has 6 nitrogen and oxygen atoms in total. The summed E-state index contributed by atoms with van der Waals surface area (Å²) in [5.41, 5.74) is 2.60. The summed E-state index contributed by atoms with van der Waals surface area (Å²) in [6.07, 6.45) is 5.25. The van der Waals surface area contributed by atoms with Gasteiger partial charge in [0.2, 0.25) is 5.91 Å². The molecule has 0 atom stereocenters. The molecule has 4 rings (SSSR count). The third-order valence-corrected chi connectivity index (χ3v) is 7.02. The molecule has 1 aromatic carbocycles. The van der Waals surface area contributed by atoms with Gasteiger partial charge in [-0.15, -0.1) is 11.3 Å². The lowest BCUT2D eigenvalue weighted by atomic mass is 10.1. The van der Waals surface area contributed by atoms with E-state index < -0.39 is 0 Å². The first kappa shape index (κ1) is 20.9. The highest BCUT2D eigenvalue weighted by Gasteiger charge is 2.17. The van der Waals surface area contributed by atoms with Gasteiger partial charge in [-0.25, -0.2) is 4.98 Å². The Morgan fingerprint density at radius 1 is 1.23 bits per heavy atom. The summed E-state index contributed by atoms with van der Waals surface area (Å²) in [4.78, 5) is 34.0. The third-order valence-electron chi connectivity index (χ3n) is 5.67. The van der Waals surface area contributed by atoms with E-state index in [0.29, 0.717) is 10.4 Å². The number of piperidine rings is 1. The fraction of sp³-hybridized carbons (Fsp3) is 0.409. The van der Waals surface area contributed by atoms with E-state index in [-0.39, 0.29) is 24.4 Å². The molecule has 1 amide bonds. The van der Waals surface area contributed by atoms with E-state index in [9.17, 15) is 9.59 Å². The number of aromatic nitrogens is 2. The smallest absolute Gasteiger partial charge is 0.262 e. The van der Waals surface area contributed by atoms with Crippen molar-refractivity contribution in [3.63, 3.8) is 0 Å². The highest BCUT2D eigenvalue weighted by molar-refractivity contribution is 7.18. The largest absolute Gasteiger partial charge is 0.370 e. The zero-order valence-electron chi connectivity index (χ0n) is 17.2. The van der Waals surface area contributed by atoms with Gasteiger partial charge in [0.1, 0.15) is 4.83 Å². The molecule has 1 saturated heterocycles. The molecule has 2 aromatic heterocycles. The molecule has 3 aromatic rings. The zero-order chi connectivity index (χ0) is 21.3. The number of nitrogens with one attached hydrogen (secondary N) is 1. The van der Waals surface area contributed by atoms with E-state index >= 15 is 0 Å². The van der Waals surface area contributed by atoms with Crippen LogP contribution in [-0.4, -0.2) is 28.5 Å². The van der Waals surface area contributed by atoms with E-state index in [0.717, 1.165) is 52.6 Å². The minimum Gasteiger partial charge on any atom is -0.370 e. The Bertz CT molecular complexity index is 1150. The minimum absolute atomic E-state index is 0.0913. The molecule has 0 spiro atoms. The van der Waals surface area contributed by atoms with Crippen molar-refractivity contribution in [3.05, 3.63) is 50.3 Å². The first-order valence-corrected chi connectivity index (χ1v) is 11.4. The van der Waals surface area contributed by atoms with Gasteiger partial charge >= 0.3 is 0 Å². The Kier molecular flexibility index (Phi) is 6.11. The van der Waals surface area contributed by atoms with Crippen LogP contribution < -0.4 is 15.8 Å². The second-order valence-electron chi connectivity index (χ2n) is 7.71. The lowest BCUT2D eigenvalue weighted by Crippen LogP contribution is -2.30. The number of hydrogen-bond acceptors (Lipinski definition) is 5. The van der Waals surface area contributed by atoms with E-state index in [1.54, 1.807) is 6.07 Å². The van der Waals surface area contributed by atoms with Crippen molar-refractivity contribution in [1.82, 2.24) is 9.55 Å². The second-order valence-corrected chi connectivity index (χ2v) is 9.35. The van der Waals surface area contributed by atoms with Crippen molar-refractivity contribution in [2.24, 2.45) is 0 Å². The molecule has 8 heteroatoms. The van der Waals surface area contributed by atoms with Crippen molar-refractivity contribution in [2.45, 2.75) is 46.1 Å². The van der Waals surface area contributed by atoms with Crippen LogP contribution in [0, 0.1) is 13.8 Å². The van der Waals surface area contributed by atoms with E-state index in [4.69, 9.17) is 11.6 Å². The fourth-order valence-electron chi connectivity index (χ4n) is 3.88. The number of fused-ring (bicyclic) bond motifs is 1. The van der Waals surface area contributed by atoms with Crippen LogP contribution in [-0.2, 0) is 11.3 Å². The van der Waals surface area contributed by atoms with Gasteiger partial charge in [0.25, 0.3) is 5.56 Å². The van der Waals surface area contributed by atoms with Crippen LogP contribution in [0.2, 0.25) is 5.02 Å². The quantitative estimate of drug-likeness (QED) is 0.616. The molecule has 0 aliphatic carbocycles. The van der Waals surface area contributed by atoms with Crippen LogP contribution >= 0.6 is 22.9 Å². The SMILES string of the molecule is Cc1sc2ncn(CCC(=O)Nc3cc(Cl)ccc3N3CCCCC3)c(=O)c2c1C. The zero-order valence-corrected chi connectivity index (χ0v) is 18.8. The fourth-order valence-corrected chi connectivity index (χ4v) is 5.04. The Balaban J connectivity index is 1.49. The maximum absolute atomic E-state index is 12.8. The number of rotatable bonds is 5. The average molecular weight is 445 g/mol. The van der Waals surface area contributed by atoms with Gasteiger partial charge < -0.3 is 10.2 Å². The number of anilines is 2. The first-order valence-electron chi connectivity index (χ1n) is 10.2. The molecule has 1 N–H and O–H groups in total. The standard InChI is InChI=1S/C22H25ClN4O2S/c1-14-15(2)30-21-20(14)22(29)27(13-24-21)11-8-19(28)25-17-12-16(23)6-7-18(17)26-9-4-3-5-10-26/h6-7,12-13H,3-5,8-11H2,1-2H3,(H,25,28). The maximum atomic E-state index is 12.8. The van der Waals surface area contributed by atoms with Crippen LogP contribution in [0.4, 0.5) is 11.4 Å². The summed E-state index contributed by atoms with van der Waals surface area (Å²) in [6.45, 7) is 6.16. The molecular weight excluding hydrogens is 420 g/mol. The molecule has 0 saturated carbocycles. The van der Waals surface area contributed by atoms with Gasteiger partial charge in [0.05, 0.1) is 23.1 Å². The topological polar surface area (TPSA) is 67.2 Å². The van der Waals surface area contributed by atoms with Gasteiger partial charge in [-0.1, -0.05) is 11.6 Å². The summed E-state index contributed by atoms with van der Waals surface area (Å²) in [5.74, 6) is -0.152. The first-order chi connectivity index (χ1) is 14.4. The Labute approximate surface area is 184 Å². The van der Waals surface area contributed by atoms with Gasteiger partial charge in [-0.2, -0.15) is 0 Å². The van der Waals surface area contributed by atoms with Crippen molar-refractivity contribution in [2.75, 3.05) is 23.3 Å². The third kappa shape index (κ3) is 4.23. The van der Waals surface area contributed by atoms with Gasteiger partial charge in [-0.05, 0) is 56.9 Å². The van der Waals surface area contributed by atoms with Crippen LogP contribution in [0.3, 0.4) is 0 Å². The number of aryl methyl sites for hydroxylation is 3.